The van der Waals surface area contributed by atoms with Crippen molar-refractivity contribution in [3.63, 3.8) is 0 Å². The SMILES string of the molecule is COc1ncnc(NCC2(C3CC3)CC2)c1C. The van der Waals surface area contributed by atoms with Gasteiger partial charge in [0, 0.05) is 6.54 Å². The van der Waals surface area contributed by atoms with E-state index < -0.39 is 0 Å². The summed E-state index contributed by atoms with van der Waals surface area (Å²) in [7, 11) is 1.64. The van der Waals surface area contributed by atoms with Crippen LogP contribution >= 0.6 is 0 Å². The second-order valence-electron chi connectivity index (χ2n) is 5.35. The highest BCUT2D eigenvalue weighted by Gasteiger charge is 2.53. The van der Waals surface area contributed by atoms with Crippen molar-refractivity contribution in [3.8, 4) is 5.88 Å². The number of rotatable bonds is 5. The standard InChI is InChI=1S/C13H19N3O/c1-9-11(15-8-16-12(9)17-2)14-7-13(5-6-13)10-3-4-10/h8,10H,3-7H2,1-2H3,(H,14,15,16). The van der Waals surface area contributed by atoms with Gasteiger partial charge in [-0.25, -0.2) is 9.97 Å². The molecule has 92 valence electrons. The van der Waals surface area contributed by atoms with E-state index in [1.807, 2.05) is 6.92 Å². The average molecular weight is 233 g/mol. The number of hydrogen-bond acceptors (Lipinski definition) is 4. The zero-order valence-electron chi connectivity index (χ0n) is 10.5. The van der Waals surface area contributed by atoms with E-state index in [0.29, 0.717) is 11.3 Å². The van der Waals surface area contributed by atoms with Gasteiger partial charge in [-0.1, -0.05) is 0 Å². The highest BCUT2D eigenvalue weighted by atomic mass is 16.5. The number of aromatic nitrogens is 2. The normalized spacial score (nSPS) is 21.1. The molecular formula is C13H19N3O. The van der Waals surface area contributed by atoms with E-state index >= 15 is 0 Å². The summed E-state index contributed by atoms with van der Waals surface area (Å²) in [5.74, 6) is 2.56. The van der Waals surface area contributed by atoms with Crippen LogP contribution in [-0.2, 0) is 0 Å². The highest BCUT2D eigenvalue weighted by molar-refractivity contribution is 5.48. The van der Waals surface area contributed by atoms with Crippen LogP contribution in [0.2, 0.25) is 0 Å². The first kappa shape index (κ1) is 10.8. The number of anilines is 1. The third-order valence-corrected chi connectivity index (χ3v) is 4.17. The summed E-state index contributed by atoms with van der Waals surface area (Å²) in [4.78, 5) is 8.39. The van der Waals surface area contributed by atoms with Gasteiger partial charge in [0.05, 0.1) is 12.7 Å². The minimum atomic E-state index is 0.588. The zero-order valence-corrected chi connectivity index (χ0v) is 10.5. The molecule has 1 N–H and O–H groups in total. The molecule has 4 nitrogen and oxygen atoms in total. The molecule has 0 unspecified atom stereocenters. The Hall–Kier alpha value is -1.32. The Balaban J connectivity index is 1.68. The maximum Gasteiger partial charge on any atom is 0.221 e. The molecule has 0 bridgehead atoms. The van der Waals surface area contributed by atoms with Gasteiger partial charge in [-0.2, -0.15) is 0 Å². The summed E-state index contributed by atoms with van der Waals surface area (Å²) in [6.45, 7) is 3.05. The van der Waals surface area contributed by atoms with Gasteiger partial charge in [-0.3, -0.25) is 0 Å². The minimum absolute atomic E-state index is 0.588. The Bertz CT molecular complexity index is 425. The molecule has 1 aromatic rings. The van der Waals surface area contributed by atoms with Crippen LogP contribution in [0.5, 0.6) is 5.88 Å². The fourth-order valence-corrected chi connectivity index (χ4v) is 2.66. The van der Waals surface area contributed by atoms with Gasteiger partial charge in [-0.05, 0) is 43.9 Å². The molecule has 4 heteroatoms. The van der Waals surface area contributed by atoms with Crippen LogP contribution in [-0.4, -0.2) is 23.6 Å². The Kier molecular flexibility index (Phi) is 2.45. The lowest BCUT2D eigenvalue weighted by atomic mass is 10.0. The molecule has 2 aliphatic carbocycles. The van der Waals surface area contributed by atoms with Gasteiger partial charge < -0.3 is 10.1 Å². The fraction of sp³-hybridized carbons (Fsp3) is 0.692. The predicted molar refractivity (Wildman–Crippen MR) is 66.2 cm³/mol. The number of nitrogens with one attached hydrogen (secondary N) is 1. The van der Waals surface area contributed by atoms with Gasteiger partial charge in [0.2, 0.25) is 5.88 Å². The Morgan fingerprint density at radius 2 is 2.18 bits per heavy atom. The summed E-state index contributed by atoms with van der Waals surface area (Å²) in [5, 5.41) is 3.48. The topological polar surface area (TPSA) is 47.0 Å². The first-order chi connectivity index (χ1) is 8.25. The molecule has 0 radical (unpaired) electrons. The molecule has 2 fully saturated rings. The number of nitrogens with zero attached hydrogens (tertiary/aromatic N) is 2. The quantitative estimate of drug-likeness (QED) is 0.848. The van der Waals surface area contributed by atoms with Gasteiger partial charge >= 0.3 is 0 Å². The molecule has 2 aliphatic rings. The summed E-state index contributed by atoms with van der Waals surface area (Å²) < 4.78 is 5.20. The first-order valence-electron chi connectivity index (χ1n) is 6.35. The summed E-state index contributed by atoms with van der Waals surface area (Å²) >= 11 is 0. The van der Waals surface area contributed by atoms with Gasteiger partial charge in [0.25, 0.3) is 0 Å². The molecule has 2 saturated carbocycles. The Morgan fingerprint density at radius 3 is 2.76 bits per heavy atom. The highest BCUT2D eigenvalue weighted by Crippen LogP contribution is 2.61. The summed E-state index contributed by atoms with van der Waals surface area (Å²) in [6, 6.07) is 0. The van der Waals surface area contributed by atoms with Crippen molar-refractivity contribution in [1.29, 1.82) is 0 Å². The van der Waals surface area contributed by atoms with Crippen molar-refractivity contribution < 1.29 is 4.74 Å². The number of methoxy groups -OCH3 is 1. The van der Waals surface area contributed by atoms with E-state index in [1.165, 1.54) is 25.7 Å². The largest absolute Gasteiger partial charge is 0.481 e. The molecule has 0 aliphatic heterocycles. The minimum Gasteiger partial charge on any atom is -0.481 e. The molecular weight excluding hydrogens is 214 g/mol. The van der Waals surface area contributed by atoms with Crippen molar-refractivity contribution in [2.45, 2.75) is 32.6 Å². The second-order valence-corrected chi connectivity index (χ2v) is 5.35. The fourth-order valence-electron chi connectivity index (χ4n) is 2.66. The monoisotopic (exact) mass is 233 g/mol. The van der Waals surface area contributed by atoms with Gasteiger partial charge in [0.15, 0.2) is 0 Å². The van der Waals surface area contributed by atoms with E-state index in [2.05, 4.69) is 15.3 Å². The van der Waals surface area contributed by atoms with Crippen molar-refractivity contribution in [2.24, 2.45) is 11.3 Å². The van der Waals surface area contributed by atoms with Crippen LogP contribution in [0.25, 0.3) is 0 Å². The molecule has 1 heterocycles. The average Bonchev–Trinajstić information content (AvgIpc) is 3.19. The smallest absolute Gasteiger partial charge is 0.221 e. The lowest BCUT2D eigenvalue weighted by molar-refractivity contribution is 0.393. The zero-order chi connectivity index (χ0) is 11.9. The lowest BCUT2D eigenvalue weighted by Gasteiger charge is -2.17. The molecule has 0 aromatic carbocycles. The third-order valence-electron chi connectivity index (χ3n) is 4.17. The van der Waals surface area contributed by atoms with Crippen LogP contribution in [0.4, 0.5) is 5.82 Å². The van der Waals surface area contributed by atoms with Gasteiger partial charge in [0.1, 0.15) is 12.1 Å². The second kappa shape index (κ2) is 3.86. The maximum atomic E-state index is 5.20. The predicted octanol–water partition coefficient (Wildman–Crippen LogP) is 2.40. The molecule has 17 heavy (non-hydrogen) atoms. The Morgan fingerprint density at radius 1 is 1.41 bits per heavy atom. The summed E-state index contributed by atoms with van der Waals surface area (Å²) in [5.41, 5.74) is 1.59. The molecule has 1 aromatic heterocycles. The van der Waals surface area contributed by atoms with E-state index in [1.54, 1.807) is 13.4 Å². The van der Waals surface area contributed by atoms with Crippen molar-refractivity contribution in [2.75, 3.05) is 19.0 Å². The van der Waals surface area contributed by atoms with Crippen molar-refractivity contribution >= 4 is 5.82 Å². The summed E-state index contributed by atoms with van der Waals surface area (Å²) in [6.07, 6.45) is 7.17. The molecule has 0 spiro atoms. The first-order valence-corrected chi connectivity index (χ1v) is 6.35. The van der Waals surface area contributed by atoms with E-state index in [4.69, 9.17) is 4.74 Å². The van der Waals surface area contributed by atoms with Crippen LogP contribution in [0, 0.1) is 18.3 Å². The number of hydrogen-bond donors (Lipinski definition) is 1. The molecule has 0 saturated heterocycles. The van der Waals surface area contributed by atoms with E-state index in [-0.39, 0.29) is 0 Å². The van der Waals surface area contributed by atoms with Crippen LogP contribution in [0.15, 0.2) is 6.33 Å². The van der Waals surface area contributed by atoms with Crippen molar-refractivity contribution in [1.82, 2.24) is 9.97 Å². The van der Waals surface area contributed by atoms with E-state index in [9.17, 15) is 0 Å². The Labute approximate surface area is 102 Å². The van der Waals surface area contributed by atoms with Crippen molar-refractivity contribution in [3.05, 3.63) is 11.9 Å². The van der Waals surface area contributed by atoms with Crippen LogP contribution in [0.3, 0.4) is 0 Å². The molecule has 0 amide bonds. The van der Waals surface area contributed by atoms with Gasteiger partial charge in [-0.15, -0.1) is 0 Å². The van der Waals surface area contributed by atoms with Crippen LogP contribution < -0.4 is 10.1 Å². The lowest BCUT2D eigenvalue weighted by Crippen LogP contribution is -2.18. The maximum absolute atomic E-state index is 5.20. The van der Waals surface area contributed by atoms with Crippen LogP contribution in [0.1, 0.15) is 31.2 Å². The number of ether oxygens (including phenoxy) is 1. The molecule has 0 atom stereocenters. The molecule has 3 rings (SSSR count). The third kappa shape index (κ3) is 1.96. The van der Waals surface area contributed by atoms with E-state index in [0.717, 1.165) is 23.8 Å².